The molecule has 3 amide bonds. The van der Waals surface area contributed by atoms with E-state index in [1.54, 1.807) is 24.1 Å². The van der Waals surface area contributed by atoms with Crippen LogP contribution in [0, 0.1) is 12.3 Å². The highest BCUT2D eigenvalue weighted by Gasteiger charge is 2.38. The van der Waals surface area contributed by atoms with E-state index in [-0.39, 0.29) is 48.4 Å². The molecule has 0 aliphatic carbocycles. The van der Waals surface area contributed by atoms with E-state index in [4.69, 9.17) is 24.2 Å². The minimum atomic E-state index is -0.180. The molecule has 0 saturated carbocycles. The van der Waals surface area contributed by atoms with Crippen LogP contribution < -0.4 is 29.3 Å². The van der Waals surface area contributed by atoms with Gasteiger partial charge >= 0.3 is 0 Å². The SMILES string of the molecule is COc1cc2c(cc1OCc1cc(COc3cc4c(cc3C)C(=O)N3c5ccccc5C[C@H]3C=N4)cc(NC(=O)CCC(C)(C)C)c1)N=C[C@@H]1Cc3ccccc3N1C2=O. The van der Waals surface area contributed by atoms with Crippen LogP contribution >= 0.6 is 0 Å². The third-order valence-corrected chi connectivity index (χ3v) is 11.5. The summed E-state index contributed by atoms with van der Waals surface area (Å²) in [5, 5.41) is 3.09. The average molecular weight is 802 g/mol. The zero-order valence-electron chi connectivity index (χ0n) is 34.5. The van der Waals surface area contributed by atoms with Gasteiger partial charge in [0.15, 0.2) is 11.5 Å². The highest BCUT2D eigenvalue weighted by atomic mass is 16.5. The molecule has 5 aromatic carbocycles. The smallest absolute Gasteiger partial charge is 0.261 e. The van der Waals surface area contributed by atoms with Gasteiger partial charge in [0, 0.05) is 60.9 Å². The normalized spacial score (nSPS) is 17.1. The summed E-state index contributed by atoms with van der Waals surface area (Å²) in [6, 6.07) is 28.5. The molecule has 2 atom stereocenters. The van der Waals surface area contributed by atoms with Crippen LogP contribution in [0.4, 0.5) is 28.4 Å². The van der Waals surface area contributed by atoms with Crippen LogP contribution in [-0.2, 0) is 30.8 Å². The van der Waals surface area contributed by atoms with Crippen molar-refractivity contribution in [3.05, 3.63) is 130 Å². The van der Waals surface area contributed by atoms with Gasteiger partial charge in [0.2, 0.25) is 5.91 Å². The van der Waals surface area contributed by atoms with Gasteiger partial charge in [-0.25, -0.2) is 0 Å². The highest BCUT2D eigenvalue weighted by Crippen LogP contribution is 2.42. The summed E-state index contributed by atoms with van der Waals surface area (Å²) in [7, 11) is 1.55. The molecule has 304 valence electrons. The lowest BCUT2D eigenvalue weighted by Gasteiger charge is -2.22. The molecule has 1 N–H and O–H groups in total. The van der Waals surface area contributed by atoms with E-state index in [1.165, 1.54) is 0 Å². The fraction of sp³-hybridized carbons (Fsp3) is 0.286. The second-order valence-corrected chi connectivity index (χ2v) is 17.1. The summed E-state index contributed by atoms with van der Waals surface area (Å²) in [4.78, 5) is 54.2. The predicted octanol–water partition coefficient (Wildman–Crippen LogP) is 9.50. The standard InChI is InChI=1S/C49H47N5O6/c1-29-16-37-39(50-25-35-20-32-10-6-8-12-41(32)53(35)47(37)56)23-43(29)59-27-30-17-31(19-34(18-30)52-46(55)14-15-49(2,3)4)28-60-45-24-40-38(22-44(45)58-5)48(57)54-36(26-51-40)21-33-11-7-9-13-42(33)54/h6-13,16-19,22-26,35-36H,14-15,20-21,27-28H2,1-5H3,(H,52,55)/t35-,36-/m0/s1. The van der Waals surface area contributed by atoms with Crippen molar-refractivity contribution < 1.29 is 28.6 Å². The Bertz CT molecular complexity index is 2630. The second-order valence-electron chi connectivity index (χ2n) is 17.1. The van der Waals surface area contributed by atoms with Gasteiger partial charge in [0.1, 0.15) is 19.0 Å². The fourth-order valence-corrected chi connectivity index (χ4v) is 8.42. The molecule has 5 aromatic rings. The first-order valence-corrected chi connectivity index (χ1v) is 20.4. The Morgan fingerprint density at radius 1 is 0.717 bits per heavy atom. The number of carbonyl (C=O) groups excluding carboxylic acids is 3. The van der Waals surface area contributed by atoms with E-state index in [0.29, 0.717) is 58.3 Å². The van der Waals surface area contributed by atoms with Crippen LogP contribution in [0.5, 0.6) is 17.2 Å². The molecular weight excluding hydrogens is 755 g/mol. The van der Waals surface area contributed by atoms with Crippen molar-refractivity contribution in [3.8, 4) is 17.2 Å². The number of nitrogens with one attached hydrogen (secondary N) is 1. The zero-order valence-corrected chi connectivity index (χ0v) is 34.5. The first-order valence-electron chi connectivity index (χ1n) is 20.4. The summed E-state index contributed by atoms with van der Waals surface area (Å²) >= 11 is 0. The molecule has 0 saturated heterocycles. The Morgan fingerprint density at radius 2 is 1.25 bits per heavy atom. The largest absolute Gasteiger partial charge is 0.493 e. The lowest BCUT2D eigenvalue weighted by atomic mass is 9.90. The van der Waals surface area contributed by atoms with E-state index >= 15 is 0 Å². The molecule has 4 aliphatic rings. The Labute approximate surface area is 349 Å². The molecule has 4 heterocycles. The maximum atomic E-state index is 14.0. The Balaban J connectivity index is 0.962. The average Bonchev–Trinajstić information content (AvgIpc) is 3.72. The molecule has 0 spiro atoms. The summed E-state index contributed by atoms with van der Waals surface area (Å²) < 4.78 is 18.6. The van der Waals surface area contributed by atoms with Gasteiger partial charge < -0.3 is 19.5 Å². The van der Waals surface area contributed by atoms with E-state index < -0.39 is 0 Å². The maximum Gasteiger partial charge on any atom is 0.261 e. The number of aryl methyl sites for hydroxylation is 1. The summed E-state index contributed by atoms with van der Waals surface area (Å²) in [6.45, 7) is 8.57. The number of amides is 3. The highest BCUT2D eigenvalue weighted by molar-refractivity contribution is 6.15. The number of carbonyl (C=O) groups is 3. The van der Waals surface area contributed by atoms with Crippen molar-refractivity contribution >= 4 is 58.6 Å². The monoisotopic (exact) mass is 801 g/mol. The van der Waals surface area contributed by atoms with E-state index in [2.05, 4.69) is 32.2 Å². The van der Waals surface area contributed by atoms with Gasteiger partial charge in [-0.15, -0.1) is 0 Å². The third kappa shape index (κ3) is 7.51. The van der Waals surface area contributed by atoms with E-state index in [9.17, 15) is 14.4 Å². The summed E-state index contributed by atoms with van der Waals surface area (Å²) in [6.07, 6.45) is 6.21. The first-order chi connectivity index (χ1) is 28.9. The molecule has 11 heteroatoms. The number of hydrogen-bond acceptors (Lipinski definition) is 8. The van der Waals surface area contributed by atoms with E-state index in [1.807, 2.05) is 97.0 Å². The van der Waals surface area contributed by atoms with Gasteiger partial charge in [-0.2, -0.15) is 0 Å². The number of methoxy groups -OCH3 is 1. The van der Waals surface area contributed by atoms with Crippen LogP contribution in [0.25, 0.3) is 0 Å². The topological polar surface area (TPSA) is 122 Å². The van der Waals surface area contributed by atoms with Crippen LogP contribution in [0.15, 0.2) is 101 Å². The molecule has 0 radical (unpaired) electrons. The lowest BCUT2D eigenvalue weighted by molar-refractivity contribution is -0.116. The first kappa shape index (κ1) is 38.8. The van der Waals surface area contributed by atoms with Gasteiger partial charge in [-0.05, 0) is 89.0 Å². The molecule has 11 nitrogen and oxygen atoms in total. The molecule has 0 fully saturated rings. The number of fused-ring (bicyclic) bond motifs is 8. The van der Waals surface area contributed by atoms with Crippen LogP contribution in [0.1, 0.15) is 82.1 Å². The zero-order chi connectivity index (χ0) is 41.7. The summed E-state index contributed by atoms with van der Waals surface area (Å²) in [5.41, 5.74) is 9.11. The number of benzene rings is 5. The van der Waals surface area contributed by atoms with E-state index in [0.717, 1.165) is 52.0 Å². The Morgan fingerprint density at radius 3 is 1.82 bits per heavy atom. The van der Waals surface area contributed by atoms with Crippen LogP contribution in [0.3, 0.4) is 0 Å². The number of ether oxygens (including phenoxy) is 3. The lowest BCUT2D eigenvalue weighted by Crippen LogP contribution is -2.37. The Kier molecular flexibility index (Phi) is 9.98. The molecule has 0 bridgehead atoms. The molecule has 4 aliphatic heterocycles. The quantitative estimate of drug-likeness (QED) is 0.150. The minimum absolute atomic E-state index is 0.00928. The van der Waals surface area contributed by atoms with Gasteiger partial charge in [0.05, 0.1) is 41.7 Å². The molecular formula is C49H47N5O6. The number of aliphatic imine (C=N–C) groups is 2. The molecule has 60 heavy (non-hydrogen) atoms. The van der Waals surface area contributed by atoms with Crippen molar-refractivity contribution in [1.29, 1.82) is 0 Å². The van der Waals surface area contributed by atoms with Gasteiger partial charge in [-0.3, -0.25) is 34.2 Å². The van der Waals surface area contributed by atoms with Crippen molar-refractivity contribution in [2.24, 2.45) is 15.4 Å². The molecule has 9 rings (SSSR count). The number of rotatable bonds is 10. The minimum Gasteiger partial charge on any atom is -0.493 e. The molecule has 0 unspecified atom stereocenters. The number of para-hydroxylation sites is 2. The number of hydrogen-bond donors (Lipinski definition) is 1. The third-order valence-electron chi connectivity index (χ3n) is 11.5. The second kappa shape index (κ2) is 15.4. The maximum absolute atomic E-state index is 14.0. The van der Waals surface area contributed by atoms with Gasteiger partial charge in [-0.1, -0.05) is 57.2 Å². The Hall–Kier alpha value is -6.75. The number of nitrogens with zero attached hydrogens (tertiary/aromatic N) is 4. The molecule has 0 aromatic heterocycles. The van der Waals surface area contributed by atoms with Crippen molar-refractivity contribution in [3.63, 3.8) is 0 Å². The predicted molar refractivity (Wildman–Crippen MR) is 234 cm³/mol. The van der Waals surface area contributed by atoms with Crippen molar-refractivity contribution in [2.45, 2.75) is 78.7 Å². The van der Waals surface area contributed by atoms with Gasteiger partial charge in [0.25, 0.3) is 11.8 Å². The summed E-state index contributed by atoms with van der Waals surface area (Å²) in [5.74, 6) is 1.13. The van der Waals surface area contributed by atoms with Crippen molar-refractivity contribution in [1.82, 2.24) is 0 Å². The van der Waals surface area contributed by atoms with Crippen LogP contribution in [-0.4, -0.2) is 49.3 Å². The van der Waals surface area contributed by atoms with Crippen LogP contribution in [0.2, 0.25) is 0 Å². The number of anilines is 3. The van der Waals surface area contributed by atoms with Crippen molar-refractivity contribution in [2.75, 3.05) is 22.2 Å². The fourth-order valence-electron chi connectivity index (χ4n) is 8.42.